The molecule has 2 nitrogen and oxygen atoms in total. The molecular weight excluding hydrogens is 216 g/mol. The summed E-state index contributed by atoms with van der Waals surface area (Å²) in [7, 11) is 2.05. The van der Waals surface area contributed by atoms with E-state index in [2.05, 4.69) is 39.8 Å². The predicted molar refractivity (Wildman–Crippen MR) is 55.5 cm³/mol. The zero-order valence-electron chi connectivity index (χ0n) is 7.42. The molecule has 3 heteroatoms. The Morgan fingerprint density at radius 2 is 2.25 bits per heavy atom. The molecule has 0 aliphatic heterocycles. The van der Waals surface area contributed by atoms with E-state index in [4.69, 9.17) is 0 Å². The second-order valence-electron chi connectivity index (χ2n) is 2.74. The average Bonchev–Trinajstić information content (AvgIpc) is 2.05. The van der Waals surface area contributed by atoms with Crippen LogP contribution in [0.15, 0.2) is 22.8 Å². The number of pyridine rings is 1. The maximum absolute atomic E-state index is 4.33. The molecular formula is C9H13BrN2. The largest absolute Gasteiger partial charge is 0.360 e. The molecule has 0 aliphatic rings. The first-order valence-corrected chi connectivity index (χ1v) is 4.87. The van der Waals surface area contributed by atoms with E-state index in [1.54, 1.807) is 0 Å². The van der Waals surface area contributed by atoms with Crippen LogP contribution >= 0.6 is 15.9 Å². The van der Waals surface area contributed by atoms with Gasteiger partial charge in [0.05, 0.1) is 0 Å². The van der Waals surface area contributed by atoms with Crippen LogP contribution in [0.2, 0.25) is 0 Å². The van der Waals surface area contributed by atoms with Gasteiger partial charge in [0.15, 0.2) is 0 Å². The van der Waals surface area contributed by atoms with E-state index >= 15 is 0 Å². The van der Waals surface area contributed by atoms with Crippen LogP contribution in [-0.4, -0.2) is 18.6 Å². The van der Waals surface area contributed by atoms with Gasteiger partial charge < -0.3 is 4.90 Å². The molecule has 0 aromatic carbocycles. The van der Waals surface area contributed by atoms with E-state index in [1.807, 2.05) is 18.2 Å². The molecule has 1 aromatic heterocycles. The fourth-order valence-electron chi connectivity index (χ4n) is 1.06. The summed E-state index contributed by atoms with van der Waals surface area (Å²) in [6.45, 7) is 3.21. The van der Waals surface area contributed by atoms with Crippen molar-refractivity contribution in [1.82, 2.24) is 4.98 Å². The van der Waals surface area contributed by atoms with Gasteiger partial charge >= 0.3 is 0 Å². The summed E-state index contributed by atoms with van der Waals surface area (Å²) in [5.74, 6) is 1.02. The monoisotopic (exact) mass is 228 g/mol. The van der Waals surface area contributed by atoms with E-state index in [0.29, 0.717) is 0 Å². The molecule has 12 heavy (non-hydrogen) atoms. The molecule has 0 N–H and O–H groups in total. The van der Waals surface area contributed by atoms with E-state index in [1.165, 1.54) is 0 Å². The highest BCUT2D eigenvalue weighted by molar-refractivity contribution is 9.10. The zero-order chi connectivity index (χ0) is 8.97. The van der Waals surface area contributed by atoms with Crippen LogP contribution in [-0.2, 0) is 0 Å². The van der Waals surface area contributed by atoms with Gasteiger partial charge in [-0.05, 0) is 34.5 Å². The predicted octanol–water partition coefficient (Wildman–Crippen LogP) is 2.69. The first-order chi connectivity index (χ1) is 5.74. The van der Waals surface area contributed by atoms with Crippen molar-refractivity contribution < 1.29 is 0 Å². The van der Waals surface area contributed by atoms with E-state index < -0.39 is 0 Å². The van der Waals surface area contributed by atoms with Crippen molar-refractivity contribution in [3.05, 3.63) is 22.8 Å². The smallest absolute Gasteiger partial charge is 0.129 e. The highest BCUT2D eigenvalue weighted by atomic mass is 79.9. The van der Waals surface area contributed by atoms with Crippen molar-refractivity contribution in [3.8, 4) is 0 Å². The highest BCUT2D eigenvalue weighted by Crippen LogP contribution is 2.13. The zero-order valence-corrected chi connectivity index (χ0v) is 9.00. The molecule has 1 rings (SSSR count). The molecule has 0 atom stereocenters. The first kappa shape index (κ1) is 9.52. The van der Waals surface area contributed by atoms with Crippen LogP contribution < -0.4 is 4.90 Å². The summed E-state index contributed by atoms with van der Waals surface area (Å²) >= 11 is 3.34. The maximum atomic E-state index is 4.33. The molecule has 0 bridgehead atoms. The molecule has 0 amide bonds. The van der Waals surface area contributed by atoms with Crippen LogP contribution in [0.1, 0.15) is 13.3 Å². The third kappa shape index (κ3) is 2.48. The number of aromatic nitrogens is 1. The average molecular weight is 229 g/mol. The minimum absolute atomic E-state index is 0.892. The third-order valence-electron chi connectivity index (χ3n) is 1.65. The SMILES string of the molecule is CCCN(C)c1cccc(Br)n1. The molecule has 0 saturated carbocycles. The van der Waals surface area contributed by atoms with Crippen LogP contribution in [0.5, 0.6) is 0 Å². The Hall–Kier alpha value is -0.570. The quantitative estimate of drug-likeness (QED) is 0.741. The second kappa shape index (κ2) is 4.45. The topological polar surface area (TPSA) is 16.1 Å². The second-order valence-corrected chi connectivity index (χ2v) is 3.55. The van der Waals surface area contributed by atoms with Crippen LogP contribution in [0, 0.1) is 0 Å². The third-order valence-corrected chi connectivity index (χ3v) is 2.09. The summed E-state index contributed by atoms with van der Waals surface area (Å²) < 4.78 is 0.892. The normalized spacial score (nSPS) is 9.92. The molecule has 0 aliphatic carbocycles. The lowest BCUT2D eigenvalue weighted by atomic mass is 10.4. The van der Waals surface area contributed by atoms with Crippen LogP contribution in [0.3, 0.4) is 0 Å². The summed E-state index contributed by atoms with van der Waals surface area (Å²) in [5.41, 5.74) is 0. The van der Waals surface area contributed by atoms with Gasteiger partial charge in [-0.25, -0.2) is 4.98 Å². The molecule has 1 aromatic rings. The Morgan fingerprint density at radius 3 is 2.83 bits per heavy atom. The Bertz CT molecular complexity index is 250. The Kier molecular flexibility index (Phi) is 3.53. The molecule has 0 spiro atoms. The fraction of sp³-hybridized carbons (Fsp3) is 0.444. The van der Waals surface area contributed by atoms with Crippen LogP contribution in [0.4, 0.5) is 5.82 Å². The van der Waals surface area contributed by atoms with E-state index in [9.17, 15) is 0 Å². The number of hydrogen-bond acceptors (Lipinski definition) is 2. The van der Waals surface area contributed by atoms with Crippen molar-refractivity contribution in [2.75, 3.05) is 18.5 Å². The Balaban J connectivity index is 2.73. The van der Waals surface area contributed by atoms with Gasteiger partial charge in [0.1, 0.15) is 10.4 Å². The number of halogens is 1. The van der Waals surface area contributed by atoms with Gasteiger partial charge in [-0.3, -0.25) is 0 Å². The minimum atomic E-state index is 0.892. The van der Waals surface area contributed by atoms with Crippen molar-refractivity contribution in [3.63, 3.8) is 0 Å². The van der Waals surface area contributed by atoms with Crippen LogP contribution in [0.25, 0.3) is 0 Å². The van der Waals surface area contributed by atoms with Crippen molar-refractivity contribution in [2.24, 2.45) is 0 Å². The number of nitrogens with zero attached hydrogens (tertiary/aromatic N) is 2. The Labute approximate surface area is 81.7 Å². The molecule has 0 unspecified atom stereocenters. The van der Waals surface area contributed by atoms with Gasteiger partial charge in [0, 0.05) is 13.6 Å². The molecule has 0 saturated heterocycles. The van der Waals surface area contributed by atoms with Gasteiger partial charge in [-0.15, -0.1) is 0 Å². The number of hydrogen-bond donors (Lipinski definition) is 0. The van der Waals surface area contributed by atoms with E-state index in [-0.39, 0.29) is 0 Å². The lowest BCUT2D eigenvalue weighted by Gasteiger charge is -2.16. The fourth-order valence-corrected chi connectivity index (χ4v) is 1.39. The minimum Gasteiger partial charge on any atom is -0.360 e. The molecule has 0 radical (unpaired) electrons. The molecule has 0 fully saturated rings. The summed E-state index contributed by atoms with van der Waals surface area (Å²) in [6, 6.07) is 5.95. The number of anilines is 1. The van der Waals surface area contributed by atoms with Crippen molar-refractivity contribution >= 4 is 21.7 Å². The van der Waals surface area contributed by atoms with Gasteiger partial charge in [0.2, 0.25) is 0 Å². The van der Waals surface area contributed by atoms with Gasteiger partial charge in [-0.1, -0.05) is 13.0 Å². The van der Waals surface area contributed by atoms with Crippen molar-refractivity contribution in [1.29, 1.82) is 0 Å². The summed E-state index contributed by atoms with van der Waals surface area (Å²) in [6.07, 6.45) is 1.14. The lowest BCUT2D eigenvalue weighted by Crippen LogP contribution is -2.18. The van der Waals surface area contributed by atoms with Gasteiger partial charge in [0.25, 0.3) is 0 Å². The standard InChI is InChI=1S/C9H13BrN2/c1-3-7-12(2)9-6-4-5-8(10)11-9/h4-6H,3,7H2,1-2H3. The number of rotatable bonds is 3. The Morgan fingerprint density at radius 1 is 1.50 bits per heavy atom. The van der Waals surface area contributed by atoms with Crippen molar-refractivity contribution in [2.45, 2.75) is 13.3 Å². The maximum Gasteiger partial charge on any atom is 0.129 e. The van der Waals surface area contributed by atoms with E-state index in [0.717, 1.165) is 23.4 Å². The highest BCUT2D eigenvalue weighted by Gasteiger charge is 1.99. The first-order valence-electron chi connectivity index (χ1n) is 4.07. The molecule has 66 valence electrons. The lowest BCUT2D eigenvalue weighted by molar-refractivity contribution is 0.836. The molecule has 1 heterocycles. The summed E-state index contributed by atoms with van der Waals surface area (Å²) in [4.78, 5) is 6.48. The van der Waals surface area contributed by atoms with Gasteiger partial charge in [-0.2, -0.15) is 0 Å². The summed E-state index contributed by atoms with van der Waals surface area (Å²) in [5, 5.41) is 0.